The lowest BCUT2D eigenvalue weighted by atomic mass is 10.1. The van der Waals surface area contributed by atoms with E-state index in [0.29, 0.717) is 5.69 Å². The van der Waals surface area contributed by atoms with Crippen molar-refractivity contribution in [2.24, 2.45) is 0 Å². The van der Waals surface area contributed by atoms with Gasteiger partial charge in [0, 0.05) is 6.07 Å². The second-order valence-corrected chi connectivity index (χ2v) is 4.89. The highest BCUT2D eigenvalue weighted by atomic mass is 31.2. The number of phosphoric acid groups is 1. The molecule has 0 amide bonds. The first kappa shape index (κ1) is 12.1. The fourth-order valence-electron chi connectivity index (χ4n) is 1.60. The Morgan fingerprint density at radius 1 is 1.47 bits per heavy atom. The van der Waals surface area contributed by atoms with Gasteiger partial charge in [0.25, 0.3) is 0 Å². The smallest absolute Gasteiger partial charge is 0.386 e. The van der Waals surface area contributed by atoms with Gasteiger partial charge in [-0.1, -0.05) is 12.2 Å². The Labute approximate surface area is 98.5 Å². The van der Waals surface area contributed by atoms with Crippen molar-refractivity contribution in [3.8, 4) is 5.88 Å². The standard InChI is InChI=1S/C10H13N2O4P/c1-8-7-10(16-17(13,14)15)12(11-8)9-5-3-2-4-6-9/h3,5-7H,2,4H2,1H3,(H2,13,14,15). The van der Waals surface area contributed by atoms with Gasteiger partial charge < -0.3 is 4.52 Å². The third-order valence-corrected chi connectivity index (χ3v) is 2.66. The topological polar surface area (TPSA) is 84.6 Å². The lowest BCUT2D eigenvalue weighted by Gasteiger charge is -2.11. The molecule has 1 aliphatic carbocycles. The van der Waals surface area contributed by atoms with E-state index in [9.17, 15) is 4.57 Å². The predicted molar refractivity (Wildman–Crippen MR) is 62.3 cm³/mol. The second-order valence-electron chi connectivity index (χ2n) is 3.73. The monoisotopic (exact) mass is 256 g/mol. The van der Waals surface area contributed by atoms with Crippen molar-refractivity contribution in [3.05, 3.63) is 30.0 Å². The van der Waals surface area contributed by atoms with Crippen molar-refractivity contribution in [3.63, 3.8) is 0 Å². The summed E-state index contributed by atoms with van der Waals surface area (Å²) in [6.45, 7) is 1.73. The fraction of sp³-hybridized carbons (Fsp3) is 0.300. The number of hydrogen-bond donors (Lipinski definition) is 2. The van der Waals surface area contributed by atoms with E-state index < -0.39 is 7.82 Å². The summed E-state index contributed by atoms with van der Waals surface area (Å²) in [4.78, 5) is 17.6. The molecule has 7 heteroatoms. The van der Waals surface area contributed by atoms with Crippen molar-refractivity contribution < 1.29 is 18.9 Å². The van der Waals surface area contributed by atoms with E-state index in [4.69, 9.17) is 9.79 Å². The molecule has 1 aromatic rings. The maximum absolute atomic E-state index is 10.8. The second kappa shape index (κ2) is 4.49. The highest BCUT2D eigenvalue weighted by Gasteiger charge is 2.21. The molecule has 0 fully saturated rings. The lowest BCUT2D eigenvalue weighted by molar-refractivity contribution is 0.277. The fourth-order valence-corrected chi connectivity index (χ4v) is 1.98. The Bertz CT molecular complexity index is 526. The molecule has 0 saturated heterocycles. The first-order valence-electron chi connectivity index (χ1n) is 5.14. The quantitative estimate of drug-likeness (QED) is 0.806. The minimum absolute atomic E-state index is 0.0497. The zero-order chi connectivity index (χ0) is 12.5. The first-order chi connectivity index (χ1) is 7.96. The van der Waals surface area contributed by atoms with Gasteiger partial charge in [-0.15, -0.1) is 0 Å². The summed E-state index contributed by atoms with van der Waals surface area (Å²) < 4.78 is 16.8. The number of phosphoric ester groups is 1. The minimum atomic E-state index is -4.56. The Morgan fingerprint density at radius 2 is 2.24 bits per heavy atom. The molecule has 92 valence electrons. The van der Waals surface area contributed by atoms with Gasteiger partial charge in [-0.05, 0) is 25.8 Å². The van der Waals surface area contributed by atoms with E-state index in [1.54, 1.807) is 6.92 Å². The summed E-state index contributed by atoms with van der Waals surface area (Å²) in [5.74, 6) is 0.0497. The lowest BCUT2D eigenvalue weighted by Crippen LogP contribution is -2.03. The Kier molecular flexibility index (Phi) is 3.19. The molecule has 0 radical (unpaired) electrons. The highest BCUT2D eigenvalue weighted by molar-refractivity contribution is 7.46. The SMILES string of the molecule is Cc1cc(OP(=O)(O)O)n(C2=CCCC=C2)n1. The van der Waals surface area contributed by atoms with Crippen LogP contribution >= 0.6 is 7.82 Å². The Hall–Kier alpha value is -1.36. The number of aryl methyl sites for hydroxylation is 1. The summed E-state index contributed by atoms with van der Waals surface area (Å²) in [5.41, 5.74) is 1.39. The van der Waals surface area contributed by atoms with Crippen molar-refractivity contribution >= 4 is 13.5 Å². The van der Waals surface area contributed by atoms with Crippen LogP contribution in [0.3, 0.4) is 0 Å². The van der Waals surface area contributed by atoms with E-state index in [-0.39, 0.29) is 5.88 Å². The first-order valence-corrected chi connectivity index (χ1v) is 6.67. The molecular formula is C10H13N2O4P. The highest BCUT2D eigenvalue weighted by Crippen LogP contribution is 2.38. The molecular weight excluding hydrogens is 243 g/mol. The average Bonchev–Trinajstić information content (AvgIpc) is 2.58. The molecule has 0 aliphatic heterocycles. The van der Waals surface area contributed by atoms with Crippen LogP contribution in [0.5, 0.6) is 5.88 Å². The number of aromatic nitrogens is 2. The molecule has 1 aliphatic rings. The minimum Gasteiger partial charge on any atom is -0.386 e. The van der Waals surface area contributed by atoms with Crippen LogP contribution in [-0.2, 0) is 4.57 Å². The van der Waals surface area contributed by atoms with Gasteiger partial charge >= 0.3 is 7.82 Å². The van der Waals surface area contributed by atoms with E-state index in [2.05, 4.69) is 9.62 Å². The van der Waals surface area contributed by atoms with E-state index >= 15 is 0 Å². The molecule has 0 spiro atoms. The average molecular weight is 256 g/mol. The Morgan fingerprint density at radius 3 is 2.82 bits per heavy atom. The van der Waals surface area contributed by atoms with E-state index in [1.807, 2.05) is 18.2 Å². The van der Waals surface area contributed by atoms with Crippen molar-refractivity contribution in [1.82, 2.24) is 9.78 Å². The van der Waals surface area contributed by atoms with Crippen LogP contribution in [0, 0.1) is 6.92 Å². The zero-order valence-electron chi connectivity index (χ0n) is 9.28. The predicted octanol–water partition coefficient (Wildman–Crippen LogP) is 1.85. The van der Waals surface area contributed by atoms with Gasteiger partial charge in [0.05, 0.1) is 11.4 Å². The summed E-state index contributed by atoms with van der Waals surface area (Å²) in [6.07, 6.45) is 7.60. The molecule has 1 heterocycles. The summed E-state index contributed by atoms with van der Waals surface area (Å²) in [6, 6.07) is 1.49. The van der Waals surface area contributed by atoms with Crippen molar-refractivity contribution in [1.29, 1.82) is 0 Å². The maximum Gasteiger partial charge on any atom is 0.526 e. The molecule has 0 unspecified atom stereocenters. The summed E-state index contributed by atoms with van der Waals surface area (Å²) >= 11 is 0. The third-order valence-electron chi connectivity index (χ3n) is 2.23. The summed E-state index contributed by atoms with van der Waals surface area (Å²) in [7, 11) is -4.56. The number of hydrogen-bond acceptors (Lipinski definition) is 3. The molecule has 2 N–H and O–H groups in total. The van der Waals surface area contributed by atoms with Crippen molar-refractivity contribution in [2.75, 3.05) is 0 Å². The molecule has 1 aromatic heterocycles. The number of allylic oxidation sites excluding steroid dienone is 4. The van der Waals surface area contributed by atoms with Gasteiger partial charge in [0.2, 0.25) is 5.88 Å². The van der Waals surface area contributed by atoms with E-state index in [1.165, 1.54) is 10.7 Å². The molecule has 0 bridgehead atoms. The molecule has 0 aromatic carbocycles. The maximum atomic E-state index is 10.8. The van der Waals surface area contributed by atoms with Crippen LogP contribution in [0.2, 0.25) is 0 Å². The van der Waals surface area contributed by atoms with Crippen molar-refractivity contribution in [2.45, 2.75) is 19.8 Å². The summed E-state index contributed by atoms with van der Waals surface area (Å²) in [5, 5.41) is 4.15. The Balaban J connectivity index is 2.37. The van der Waals surface area contributed by atoms with Gasteiger partial charge in [0.1, 0.15) is 0 Å². The van der Waals surface area contributed by atoms with Gasteiger partial charge in [-0.2, -0.15) is 5.10 Å². The normalized spacial score (nSPS) is 15.8. The van der Waals surface area contributed by atoms with Crippen LogP contribution in [0.4, 0.5) is 0 Å². The van der Waals surface area contributed by atoms with Gasteiger partial charge in [0.15, 0.2) is 0 Å². The van der Waals surface area contributed by atoms with Crippen LogP contribution in [0.25, 0.3) is 5.70 Å². The van der Waals surface area contributed by atoms with E-state index in [0.717, 1.165) is 18.5 Å². The van der Waals surface area contributed by atoms with Crippen LogP contribution in [0.1, 0.15) is 18.5 Å². The van der Waals surface area contributed by atoms with Crippen LogP contribution in [-0.4, -0.2) is 19.6 Å². The van der Waals surface area contributed by atoms with Gasteiger partial charge in [-0.25, -0.2) is 9.25 Å². The zero-order valence-corrected chi connectivity index (χ0v) is 10.2. The molecule has 0 saturated carbocycles. The number of rotatable bonds is 3. The third kappa shape index (κ3) is 3.06. The molecule has 17 heavy (non-hydrogen) atoms. The van der Waals surface area contributed by atoms with Gasteiger partial charge in [-0.3, -0.25) is 9.79 Å². The van der Waals surface area contributed by atoms with Crippen LogP contribution < -0.4 is 4.52 Å². The molecule has 0 atom stereocenters. The molecule has 6 nitrogen and oxygen atoms in total. The molecule has 2 rings (SSSR count). The van der Waals surface area contributed by atoms with Crippen LogP contribution in [0.15, 0.2) is 24.3 Å². The largest absolute Gasteiger partial charge is 0.526 e. The number of nitrogens with zero attached hydrogens (tertiary/aromatic N) is 2.